The van der Waals surface area contributed by atoms with E-state index in [2.05, 4.69) is 10.1 Å². The molecule has 0 aliphatic carbocycles. The van der Waals surface area contributed by atoms with Gasteiger partial charge in [-0.2, -0.15) is 4.98 Å². The predicted molar refractivity (Wildman–Crippen MR) is 80.3 cm³/mol. The van der Waals surface area contributed by atoms with Gasteiger partial charge in [-0.3, -0.25) is 0 Å². The minimum atomic E-state index is -1.93. The molecular weight excluding hydrogens is 326 g/mol. The van der Waals surface area contributed by atoms with E-state index >= 15 is 0 Å². The van der Waals surface area contributed by atoms with Crippen molar-refractivity contribution < 1.29 is 23.8 Å². The Kier molecular flexibility index (Phi) is 5.05. The Morgan fingerprint density at radius 1 is 1.22 bits per heavy atom. The minimum Gasteiger partial charge on any atom is -0.463 e. The Morgan fingerprint density at radius 2 is 1.83 bits per heavy atom. The monoisotopic (exact) mass is 341 g/mol. The fourth-order valence-electron chi connectivity index (χ4n) is 1.84. The quantitative estimate of drug-likeness (QED) is 0.582. The second-order valence-corrected chi connectivity index (χ2v) is 4.96. The first kappa shape index (κ1) is 17.0. The fourth-order valence-corrected chi connectivity index (χ4v) is 2.01. The highest BCUT2D eigenvalue weighted by atomic mass is 35.5. The van der Waals surface area contributed by atoms with Gasteiger partial charge in [0.1, 0.15) is 5.75 Å². The lowest BCUT2D eigenvalue weighted by Gasteiger charge is -2.25. The van der Waals surface area contributed by atoms with Gasteiger partial charge in [-0.25, -0.2) is 14.1 Å². The highest BCUT2D eigenvalue weighted by Gasteiger charge is 2.47. The third-order valence-corrected chi connectivity index (χ3v) is 3.09. The van der Waals surface area contributed by atoms with Crippen molar-refractivity contribution >= 4 is 29.2 Å². The molecule has 9 heteroatoms. The molecule has 2 aromatic rings. The van der Waals surface area contributed by atoms with Crippen molar-refractivity contribution in [2.24, 2.45) is 0 Å². The van der Waals surface area contributed by atoms with Crippen LogP contribution in [0.5, 0.6) is 5.75 Å². The second-order valence-electron chi connectivity index (χ2n) is 4.62. The van der Waals surface area contributed by atoms with Gasteiger partial charge in [-0.15, -0.1) is 5.10 Å². The molecule has 124 valence electrons. The maximum absolute atomic E-state index is 12.1. The van der Waals surface area contributed by atoms with Crippen LogP contribution in [0.4, 0.5) is 0 Å². The zero-order valence-corrected chi connectivity index (χ0v) is 13.7. The number of esters is 2. The van der Waals surface area contributed by atoms with E-state index in [9.17, 15) is 9.59 Å². The number of aromatic nitrogens is 3. The molecule has 0 saturated carbocycles. The van der Waals surface area contributed by atoms with E-state index in [-0.39, 0.29) is 24.2 Å². The van der Waals surface area contributed by atoms with Crippen LogP contribution < -0.4 is 4.74 Å². The number of carbonyl (C=O) groups is 2. The van der Waals surface area contributed by atoms with Crippen molar-refractivity contribution in [3.63, 3.8) is 0 Å². The Hall–Kier alpha value is -2.35. The molecule has 0 aliphatic rings. The summed E-state index contributed by atoms with van der Waals surface area (Å²) in [4.78, 5) is 28.3. The van der Waals surface area contributed by atoms with Crippen molar-refractivity contribution in [1.82, 2.24) is 14.6 Å². The normalized spacial score (nSPS) is 11.3. The van der Waals surface area contributed by atoms with E-state index < -0.39 is 17.5 Å². The maximum atomic E-state index is 12.1. The molecule has 2 heterocycles. The molecule has 2 aromatic heterocycles. The molecule has 0 spiro atoms. The predicted octanol–water partition coefficient (Wildman–Crippen LogP) is 1.65. The van der Waals surface area contributed by atoms with Gasteiger partial charge in [-0.1, -0.05) is 0 Å². The standard InChI is InChI=1S/C14H16ClN3O5/c1-4-21-11(19)14(3,12(20)22-5-2)23-9-6-7-10-16-13(15)17-18(10)8-9/h6-8H,4-5H2,1-3H3. The molecule has 0 aromatic carbocycles. The van der Waals surface area contributed by atoms with Gasteiger partial charge >= 0.3 is 11.9 Å². The number of ether oxygens (including phenoxy) is 3. The van der Waals surface area contributed by atoms with E-state index in [1.54, 1.807) is 19.9 Å². The van der Waals surface area contributed by atoms with E-state index in [0.717, 1.165) is 0 Å². The minimum absolute atomic E-state index is 0.0701. The fraction of sp³-hybridized carbons (Fsp3) is 0.429. The largest absolute Gasteiger partial charge is 0.463 e. The average Bonchev–Trinajstić information content (AvgIpc) is 2.86. The van der Waals surface area contributed by atoms with Crippen molar-refractivity contribution in [1.29, 1.82) is 0 Å². The van der Waals surface area contributed by atoms with Crippen LogP contribution >= 0.6 is 11.6 Å². The molecule has 0 fully saturated rings. The molecule has 8 nitrogen and oxygen atoms in total. The summed E-state index contributed by atoms with van der Waals surface area (Å²) in [7, 11) is 0. The molecular formula is C14H16ClN3O5. The van der Waals surface area contributed by atoms with Crippen LogP contribution in [0.1, 0.15) is 20.8 Å². The van der Waals surface area contributed by atoms with Crippen LogP contribution in [-0.4, -0.2) is 45.4 Å². The highest BCUT2D eigenvalue weighted by molar-refractivity contribution is 6.28. The van der Waals surface area contributed by atoms with Crippen molar-refractivity contribution in [3.05, 3.63) is 23.6 Å². The number of hydrogen-bond acceptors (Lipinski definition) is 7. The van der Waals surface area contributed by atoms with Crippen LogP contribution in [-0.2, 0) is 19.1 Å². The molecule has 23 heavy (non-hydrogen) atoms. The summed E-state index contributed by atoms with van der Waals surface area (Å²) in [5.74, 6) is -1.46. The molecule has 0 bridgehead atoms. The molecule has 0 saturated heterocycles. The first-order valence-electron chi connectivity index (χ1n) is 6.96. The lowest BCUT2D eigenvalue weighted by molar-refractivity contribution is -0.177. The zero-order valence-electron chi connectivity index (χ0n) is 12.9. The molecule has 0 amide bonds. The van der Waals surface area contributed by atoms with Gasteiger partial charge in [0.25, 0.3) is 5.60 Å². The topological polar surface area (TPSA) is 92.0 Å². The lowest BCUT2D eigenvalue weighted by Crippen LogP contribution is -2.51. The Morgan fingerprint density at radius 3 is 2.39 bits per heavy atom. The van der Waals surface area contributed by atoms with E-state index in [4.69, 9.17) is 25.8 Å². The number of hydrogen-bond donors (Lipinski definition) is 0. The molecule has 0 atom stereocenters. The van der Waals surface area contributed by atoms with Gasteiger partial charge in [0.05, 0.1) is 19.4 Å². The van der Waals surface area contributed by atoms with Crippen molar-refractivity contribution in [2.45, 2.75) is 26.4 Å². The van der Waals surface area contributed by atoms with E-state index in [1.165, 1.54) is 23.7 Å². The smallest absolute Gasteiger partial charge is 0.362 e. The van der Waals surface area contributed by atoms with Crippen LogP contribution in [0, 0.1) is 0 Å². The van der Waals surface area contributed by atoms with E-state index in [1.807, 2.05) is 0 Å². The van der Waals surface area contributed by atoms with Crippen LogP contribution in [0.2, 0.25) is 5.28 Å². The third-order valence-electron chi connectivity index (χ3n) is 2.93. The SMILES string of the molecule is CCOC(=O)C(C)(Oc1ccc2nc(Cl)nn2c1)C(=O)OCC. The Balaban J connectivity index is 2.34. The average molecular weight is 342 g/mol. The van der Waals surface area contributed by atoms with Crippen LogP contribution in [0.3, 0.4) is 0 Å². The summed E-state index contributed by atoms with van der Waals surface area (Å²) >= 11 is 5.72. The van der Waals surface area contributed by atoms with Gasteiger partial charge in [0, 0.05) is 0 Å². The van der Waals surface area contributed by atoms with Crippen molar-refractivity contribution in [3.8, 4) is 5.75 Å². The molecule has 0 unspecified atom stereocenters. The first-order chi connectivity index (χ1) is 10.9. The summed E-state index contributed by atoms with van der Waals surface area (Å²) in [6, 6.07) is 3.13. The highest BCUT2D eigenvalue weighted by Crippen LogP contribution is 2.22. The lowest BCUT2D eigenvalue weighted by atomic mass is 10.1. The summed E-state index contributed by atoms with van der Waals surface area (Å²) in [5.41, 5.74) is -1.43. The van der Waals surface area contributed by atoms with Gasteiger partial charge < -0.3 is 14.2 Å². The number of fused-ring (bicyclic) bond motifs is 1. The molecule has 0 radical (unpaired) electrons. The number of pyridine rings is 1. The third kappa shape index (κ3) is 3.53. The zero-order chi connectivity index (χ0) is 17.0. The first-order valence-corrected chi connectivity index (χ1v) is 7.34. The number of halogens is 1. The molecule has 0 aliphatic heterocycles. The number of nitrogens with zero attached hydrogens (tertiary/aromatic N) is 3. The van der Waals surface area contributed by atoms with Gasteiger partial charge in [-0.05, 0) is 44.5 Å². The van der Waals surface area contributed by atoms with Crippen molar-refractivity contribution in [2.75, 3.05) is 13.2 Å². The summed E-state index contributed by atoms with van der Waals surface area (Å²) < 4.78 is 16.8. The van der Waals surface area contributed by atoms with Crippen LogP contribution in [0.15, 0.2) is 18.3 Å². The summed E-state index contributed by atoms with van der Waals surface area (Å²) in [6.07, 6.45) is 1.45. The molecule has 0 N–H and O–H groups in total. The Bertz CT molecular complexity index is 712. The summed E-state index contributed by atoms with van der Waals surface area (Å²) in [6.45, 7) is 4.77. The number of rotatable bonds is 6. The van der Waals surface area contributed by atoms with Crippen LogP contribution in [0.25, 0.3) is 5.65 Å². The molecule has 2 rings (SSSR count). The maximum Gasteiger partial charge on any atom is 0.362 e. The number of carbonyl (C=O) groups excluding carboxylic acids is 2. The second kappa shape index (κ2) is 6.82. The summed E-state index contributed by atoms with van der Waals surface area (Å²) in [5, 5.41) is 3.99. The van der Waals surface area contributed by atoms with Gasteiger partial charge in [0.2, 0.25) is 5.28 Å². The Labute approximate surface area is 137 Å². The van der Waals surface area contributed by atoms with E-state index in [0.29, 0.717) is 5.65 Å². The van der Waals surface area contributed by atoms with Gasteiger partial charge in [0.15, 0.2) is 5.65 Å².